The molecule has 6 nitrogen and oxygen atoms in total. The maximum atomic E-state index is 4.42. The Balaban J connectivity index is 1.82. The Bertz CT molecular complexity index is 594. The summed E-state index contributed by atoms with van der Waals surface area (Å²) in [5.41, 5.74) is 3.47. The first-order valence-electron chi connectivity index (χ1n) is 7.16. The van der Waals surface area contributed by atoms with Crippen LogP contribution in [-0.4, -0.2) is 33.9 Å². The highest BCUT2D eigenvalue weighted by Crippen LogP contribution is 2.10. The molecule has 6 heteroatoms. The van der Waals surface area contributed by atoms with Gasteiger partial charge in [-0.05, 0) is 26.0 Å². The third-order valence-electron chi connectivity index (χ3n) is 3.64. The summed E-state index contributed by atoms with van der Waals surface area (Å²) in [7, 11) is 3.75. The van der Waals surface area contributed by atoms with Gasteiger partial charge < -0.3 is 15.2 Å². The van der Waals surface area contributed by atoms with E-state index in [0.29, 0.717) is 0 Å². The Kier molecular flexibility index (Phi) is 5.03. The van der Waals surface area contributed by atoms with Gasteiger partial charge in [0.05, 0.1) is 5.69 Å². The first-order chi connectivity index (χ1) is 10.1. The van der Waals surface area contributed by atoms with Crippen molar-refractivity contribution < 1.29 is 0 Å². The van der Waals surface area contributed by atoms with E-state index in [-0.39, 0.29) is 0 Å². The van der Waals surface area contributed by atoms with Crippen LogP contribution in [0.5, 0.6) is 0 Å². The first kappa shape index (κ1) is 15.2. The molecule has 0 aliphatic carbocycles. The molecule has 0 amide bonds. The van der Waals surface area contributed by atoms with Crippen LogP contribution in [0.3, 0.4) is 0 Å². The van der Waals surface area contributed by atoms with Crippen LogP contribution in [0.15, 0.2) is 29.5 Å². The maximum Gasteiger partial charge on any atom is 0.191 e. The van der Waals surface area contributed by atoms with Crippen molar-refractivity contribution in [3.63, 3.8) is 0 Å². The SMILES string of the molecule is CN=C(NCCn1cccc1)NCc1c(C)nn(C)c1C. The number of aryl methyl sites for hydroxylation is 2. The highest BCUT2D eigenvalue weighted by molar-refractivity contribution is 5.79. The lowest BCUT2D eigenvalue weighted by atomic mass is 10.2. The lowest BCUT2D eigenvalue weighted by Crippen LogP contribution is -2.38. The standard InChI is InChI=1S/C15H24N6/c1-12-14(13(2)20(4)19-12)11-18-15(16-3)17-7-10-21-8-5-6-9-21/h5-6,8-9H,7,10-11H2,1-4H3,(H2,16,17,18). The summed E-state index contributed by atoms with van der Waals surface area (Å²) in [4.78, 5) is 4.25. The summed E-state index contributed by atoms with van der Waals surface area (Å²) in [5, 5.41) is 11.1. The molecule has 2 aromatic heterocycles. The molecule has 0 atom stereocenters. The predicted octanol–water partition coefficient (Wildman–Crippen LogP) is 1.20. The minimum absolute atomic E-state index is 0.731. The predicted molar refractivity (Wildman–Crippen MR) is 85.3 cm³/mol. The summed E-state index contributed by atoms with van der Waals surface area (Å²) in [6.45, 7) is 6.60. The summed E-state index contributed by atoms with van der Waals surface area (Å²) >= 11 is 0. The number of hydrogen-bond donors (Lipinski definition) is 2. The second-order valence-corrected chi connectivity index (χ2v) is 5.05. The van der Waals surface area contributed by atoms with Crippen LogP contribution in [0.25, 0.3) is 0 Å². The molecule has 2 rings (SSSR count). The fraction of sp³-hybridized carbons (Fsp3) is 0.467. The minimum Gasteiger partial charge on any atom is -0.355 e. The van der Waals surface area contributed by atoms with Crippen molar-refractivity contribution in [3.05, 3.63) is 41.5 Å². The lowest BCUT2D eigenvalue weighted by molar-refractivity contribution is 0.665. The molecule has 0 radical (unpaired) electrons. The Hall–Kier alpha value is -2.24. The molecule has 2 aromatic rings. The lowest BCUT2D eigenvalue weighted by Gasteiger charge is -2.12. The molecular formula is C15H24N6. The van der Waals surface area contributed by atoms with Gasteiger partial charge in [-0.25, -0.2) is 0 Å². The van der Waals surface area contributed by atoms with Crippen molar-refractivity contribution in [1.29, 1.82) is 0 Å². The van der Waals surface area contributed by atoms with Crippen molar-refractivity contribution >= 4 is 5.96 Å². The van der Waals surface area contributed by atoms with Gasteiger partial charge in [0.2, 0.25) is 0 Å². The molecule has 2 N–H and O–H groups in total. The van der Waals surface area contributed by atoms with Gasteiger partial charge in [-0.1, -0.05) is 0 Å². The van der Waals surface area contributed by atoms with E-state index in [0.717, 1.165) is 31.3 Å². The van der Waals surface area contributed by atoms with Gasteiger partial charge in [0, 0.05) is 57.4 Å². The molecule has 0 bridgehead atoms. The minimum atomic E-state index is 0.731. The number of nitrogens with zero attached hydrogens (tertiary/aromatic N) is 4. The van der Waals surface area contributed by atoms with Crippen molar-refractivity contribution in [2.45, 2.75) is 26.9 Å². The zero-order valence-corrected chi connectivity index (χ0v) is 13.2. The van der Waals surface area contributed by atoms with Crippen molar-refractivity contribution in [3.8, 4) is 0 Å². The fourth-order valence-corrected chi connectivity index (χ4v) is 2.29. The van der Waals surface area contributed by atoms with Gasteiger partial charge in [-0.15, -0.1) is 0 Å². The monoisotopic (exact) mass is 288 g/mol. The topological polar surface area (TPSA) is 59.2 Å². The largest absolute Gasteiger partial charge is 0.355 e. The van der Waals surface area contributed by atoms with E-state index in [2.05, 4.69) is 44.6 Å². The second-order valence-electron chi connectivity index (χ2n) is 5.05. The summed E-state index contributed by atoms with van der Waals surface area (Å²) < 4.78 is 4.05. The first-order valence-corrected chi connectivity index (χ1v) is 7.16. The number of rotatable bonds is 5. The molecule has 0 aromatic carbocycles. The summed E-state index contributed by atoms with van der Waals surface area (Å²) in [6.07, 6.45) is 4.11. The van der Waals surface area contributed by atoms with Gasteiger partial charge in [-0.2, -0.15) is 5.10 Å². The van der Waals surface area contributed by atoms with E-state index in [1.807, 2.05) is 30.8 Å². The number of aliphatic imine (C=N–C) groups is 1. The third kappa shape index (κ3) is 3.87. The Morgan fingerprint density at radius 2 is 1.95 bits per heavy atom. The van der Waals surface area contributed by atoms with Gasteiger partial charge >= 0.3 is 0 Å². The average molecular weight is 288 g/mol. The van der Waals surface area contributed by atoms with Crippen molar-refractivity contribution in [2.24, 2.45) is 12.0 Å². The molecule has 0 saturated heterocycles. The van der Waals surface area contributed by atoms with Crippen LogP contribution in [-0.2, 0) is 20.1 Å². The van der Waals surface area contributed by atoms with E-state index in [9.17, 15) is 0 Å². The molecule has 0 unspecified atom stereocenters. The molecule has 0 spiro atoms. The number of aromatic nitrogens is 3. The van der Waals surface area contributed by atoms with E-state index >= 15 is 0 Å². The third-order valence-corrected chi connectivity index (χ3v) is 3.64. The molecule has 21 heavy (non-hydrogen) atoms. The Morgan fingerprint density at radius 3 is 2.52 bits per heavy atom. The molecular weight excluding hydrogens is 264 g/mol. The highest BCUT2D eigenvalue weighted by atomic mass is 15.3. The van der Waals surface area contributed by atoms with Crippen molar-refractivity contribution in [1.82, 2.24) is 25.0 Å². The van der Waals surface area contributed by atoms with Crippen LogP contribution in [0, 0.1) is 13.8 Å². The quantitative estimate of drug-likeness (QED) is 0.642. The van der Waals surface area contributed by atoms with Crippen LogP contribution in [0.2, 0.25) is 0 Å². The molecule has 2 heterocycles. The Morgan fingerprint density at radius 1 is 1.24 bits per heavy atom. The highest BCUT2D eigenvalue weighted by Gasteiger charge is 2.09. The summed E-state index contributed by atoms with van der Waals surface area (Å²) in [6, 6.07) is 4.06. The summed E-state index contributed by atoms with van der Waals surface area (Å²) in [5.74, 6) is 0.810. The van der Waals surface area contributed by atoms with Crippen LogP contribution >= 0.6 is 0 Å². The fourth-order valence-electron chi connectivity index (χ4n) is 2.29. The van der Waals surface area contributed by atoms with Crippen LogP contribution in [0.4, 0.5) is 0 Å². The number of hydrogen-bond acceptors (Lipinski definition) is 2. The molecule has 114 valence electrons. The normalized spacial score (nSPS) is 11.7. The van der Waals surface area contributed by atoms with Gasteiger partial charge in [-0.3, -0.25) is 9.67 Å². The van der Waals surface area contributed by atoms with E-state index in [1.165, 1.54) is 11.3 Å². The smallest absolute Gasteiger partial charge is 0.191 e. The molecule has 0 aliphatic heterocycles. The number of guanidine groups is 1. The molecule has 0 fully saturated rings. The number of nitrogens with one attached hydrogen (secondary N) is 2. The van der Waals surface area contributed by atoms with E-state index in [1.54, 1.807) is 7.05 Å². The Labute approximate surface area is 125 Å². The van der Waals surface area contributed by atoms with Gasteiger partial charge in [0.15, 0.2) is 5.96 Å². The maximum absolute atomic E-state index is 4.42. The van der Waals surface area contributed by atoms with Crippen LogP contribution in [0.1, 0.15) is 17.0 Å². The molecule has 0 saturated carbocycles. The van der Waals surface area contributed by atoms with E-state index in [4.69, 9.17) is 0 Å². The molecule has 0 aliphatic rings. The zero-order chi connectivity index (χ0) is 15.2. The van der Waals surface area contributed by atoms with E-state index < -0.39 is 0 Å². The van der Waals surface area contributed by atoms with Gasteiger partial charge in [0.1, 0.15) is 0 Å². The second kappa shape index (κ2) is 6.97. The van der Waals surface area contributed by atoms with Gasteiger partial charge in [0.25, 0.3) is 0 Å². The van der Waals surface area contributed by atoms with Crippen LogP contribution < -0.4 is 10.6 Å². The average Bonchev–Trinajstić information content (AvgIpc) is 3.05. The zero-order valence-electron chi connectivity index (χ0n) is 13.2. The van der Waals surface area contributed by atoms with Crippen molar-refractivity contribution in [2.75, 3.05) is 13.6 Å².